The third-order valence-corrected chi connectivity index (χ3v) is 5.79. The van der Waals surface area contributed by atoms with Gasteiger partial charge in [-0.15, -0.1) is 0 Å². The smallest absolute Gasteiger partial charge is 0.338 e. The molecule has 0 amide bonds. The van der Waals surface area contributed by atoms with Gasteiger partial charge in [-0.1, -0.05) is 69.7 Å². The third-order valence-electron chi connectivity index (χ3n) is 4.34. The molecule has 1 aliphatic heterocycles. The molecule has 1 heterocycles. The van der Waals surface area contributed by atoms with E-state index in [-0.39, 0.29) is 5.97 Å². The molecule has 146 valence electrons. The summed E-state index contributed by atoms with van der Waals surface area (Å²) in [6.07, 6.45) is 0. The van der Waals surface area contributed by atoms with Crippen molar-refractivity contribution in [2.75, 3.05) is 6.61 Å². The molecule has 0 saturated heterocycles. The summed E-state index contributed by atoms with van der Waals surface area (Å²) in [5, 5.41) is 4.09. The van der Waals surface area contributed by atoms with Crippen LogP contribution in [-0.2, 0) is 15.3 Å². The fraction of sp³-hybridized carbons (Fsp3) is 0.273. The molecule has 1 N–H and O–H groups in total. The number of nitrogens with zero attached hydrogens (tertiary/aromatic N) is 1. The number of carbonyl (C=O) groups is 1. The lowest BCUT2D eigenvalue weighted by Crippen LogP contribution is -2.30. The lowest BCUT2D eigenvalue weighted by molar-refractivity contribution is -0.138. The van der Waals surface area contributed by atoms with Crippen molar-refractivity contribution in [1.29, 1.82) is 0 Å². The molecule has 1 aliphatic rings. The van der Waals surface area contributed by atoms with Crippen molar-refractivity contribution in [2.45, 2.75) is 32.6 Å². The number of halogens is 1. The van der Waals surface area contributed by atoms with Crippen LogP contribution < -0.4 is 5.32 Å². The lowest BCUT2D eigenvalue weighted by Gasteiger charge is -2.26. The molecule has 0 aromatic heterocycles. The molecule has 28 heavy (non-hydrogen) atoms. The monoisotopic (exact) mass is 458 g/mol. The minimum absolute atomic E-state index is 0.330. The number of rotatable bonds is 5. The normalized spacial score (nSPS) is 16.4. The number of carbonyl (C=O) groups excluding carboxylic acids is 1. The van der Waals surface area contributed by atoms with Gasteiger partial charge in [0.05, 0.1) is 12.2 Å². The van der Waals surface area contributed by atoms with Crippen molar-refractivity contribution in [2.24, 2.45) is 4.99 Å². The van der Waals surface area contributed by atoms with Crippen LogP contribution >= 0.6 is 27.7 Å². The van der Waals surface area contributed by atoms with E-state index in [2.05, 4.69) is 52.4 Å². The number of amidine groups is 1. The van der Waals surface area contributed by atoms with E-state index in [4.69, 9.17) is 9.73 Å². The van der Waals surface area contributed by atoms with Gasteiger partial charge >= 0.3 is 5.97 Å². The number of esters is 1. The zero-order chi connectivity index (χ0) is 20.1. The van der Waals surface area contributed by atoms with E-state index in [9.17, 15) is 4.79 Å². The van der Waals surface area contributed by atoms with Crippen molar-refractivity contribution in [3.05, 3.63) is 81.0 Å². The summed E-state index contributed by atoms with van der Waals surface area (Å²) in [4.78, 5) is 17.4. The van der Waals surface area contributed by atoms with Gasteiger partial charge in [0.25, 0.3) is 0 Å². The number of nitrogens with one attached hydrogen (secondary N) is 1. The van der Waals surface area contributed by atoms with Crippen molar-refractivity contribution < 1.29 is 9.53 Å². The Morgan fingerprint density at radius 2 is 2.00 bits per heavy atom. The van der Waals surface area contributed by atoms with Gasteiger partial charge in [-0.25, -0.2) is 9.79 Å². The van der Waals surface area contributed by atoms with Crippen LogP contribution in [0, 0.1) is 6.92 Å². The number of benzene rings is 2. The van der Waals surface area contributed by atoms with Crippen molar-refractivity contribution >= 4 is 38.8 Å². The Bertz CT molecular complexity index is 940. The maximum Gasteiger partial charge on any atom is 0.338 e. The number of aryl methyl sites for hydroxylation is 1. The molecule has 0 bridgehead atoms. The van der Waals surface area contributed by atoms with Crippen molar-refractivity contribution in [1.82, 2.24) is 5.32 Å². The zero-order valence-electron chi connectivity index (χ0n) is 16.2. The summed E-state index contributed by atoms with van der Waals surface area (Å²) in [7, 11) is 0. The standard InChI is InChI=1S/C22H23BrN2O2S/c1-4-27-21(26)19-15(3)24-22(28-13-16-8-5-7-14(2)11-16)25-20(19)17-9-6-10-18(23)12-17/h5-12,20H,4,13H2,1-3H3,(H,24,25)/t20-/m1/s1. The highest BCUT2D eigenvalue weighted by atomic mass is 79.9. The van der Waals surface area contributed by atoms with E-state index >= 15 is 0 Å². The zero-order valence-corrected chi connectivity index (χ0v) is 18.6. The van der Waals surface area contributed by atoms with Gasteiger partial charge in [-0.05, 0) is 44.0 Å². The molecule has 4 nitrogen and oxygen atoms in total. The number of thioether (sulfide) groups is 1. The first-order chi connectivity index (χ1) is 13.5. The highest BCUT2D eigenvalue weighted by Gasteiger charge is 2.30. The van der Waals surface area contributed by atoms with Crippen molar-refractivity contribution in [3.8, 4) is 0 Å². The van der Waals surface area contributed by atoms with Gasteiger partial charge in [0.2, 0.25) is 0 Å². The molecular weight excluding hydrogens is 436 g/mol. The summed E-state index contributed by atoms with van der Waals surface area (Å²) in [6, 6.07) is 15.9. The molecular formula is C22H23BrN2O2S. The second-order valence-corrected chi connectivity index (χ2v) is 8.43. The van der Waals surface area contributed by atoms with E-state index < -0.39 is 6.04 Å². The topological polar surface area (TPSA) is 50.7 Å². The summed E-state index contributed by atoms with van der Waals surface area (Å²) >= 11 is 5.15. The Hall–Kier alpha value is -2.05. The molecule has 2 aromatic rings. The lowest BCUT2D eigenvalue weighted by atomic mass is 9.97. The highest BCUT2D eigenvalue weighted by Crippen LogP contribution is 2.34. The summed E-state index contributed by atoms with van der Waals surface area (Å²) in [6.45, 7) is 6.13. The van der Waals surface area contributed by atoms with E-state index in [0.717, 1.165) is 26.7 Å². The maximum absolute atomic E-state index is 12.6. The van der Waals surface area contributed by atoms with Crippen LogP contribution in [0.3, 0.4) is 0 Å². The number of aliphatic imine (C=N–C) groups is 1. The molecule has 6 heteroatoms. The Morgan fingerprint density at radius 3 is 2.71 bits per heavy atom. The van der Waals surface area contributed by atoms with Crippen LogP contribution in [0.2, 0.25) is 0 Å². The molecule has 0 unspecified atom stereocenters. The fourth-order valence-corrected chi connectivity index (χ4v) is 4.37. The number of ether oxygens (including phenoxy) is 1. The minimum Gasteiger partial charge on any atom is -0.463 e. The van der Waals surface area contributed by atoms with Crippen LogP contribution in [0.4, 0.5) is 0 Å². The van der Waals surface area contributed by atoms with E-state index in [1.807, 2.05) is 38.1 Å². The first-order valence-electron chi connectivity index (χ1n) is 9.14. The Morgan fingerprint density at radius 1 is 1.21 bits per heavy atom. The quantitative estimate of drug-likeness (QED) is 0.598. The van der Waals surface area contributed by atoms with Gasteiger partial charge in [-0.2, -0.15) is 0 Å². The SMILES string of the molecule is CCOC(=O)C1=C(C)NC(SCc2cccc(C)c2)=N[C@@H]1c1cccc(Br)c1. The van der Waals surface area contributed by atoms with Gasteiger partial charge < -0.3 is 10.1 Å². The van der Waals surface area contributed by atoms with Crippen LogP contribution in [0.1, 0.15) is 36.6 Å². The Labute approximate surface area is 178 Å². The molecule has 0 fully saturated rings. The molecule has 0 aliphatic carbocycles. The maximum atomic E-state index is 12.6. The first kappa shape index (κ1) is 20.7. The average Bonchev–Trinajstić information content (AvgIpc) is 2.66. The average molecular weight is 459 g/mol. The highest BCUT2D eigenvalue weighted by molar-refractivity contribution is 9.10. The summed E-state index contributed by atoms with van der Waals surface area (Å²) < 4.78 is 6.24. The molecule has 1 atom stereocenters. The van der Waals surface area contributed by atoms with Gasteiger partial charge in [0, 0.05) is 15.9 Å². The second-order valence-electron chi connectivity index (χ2n) is 6.55. The van der Waals surface area contributed by atoms with Gasteiger partial charge in [0.15, 0.2) is 5.17 Å². The predicted molar refractivity (Wildman–Crippen MR) is 119 cm³/mol. The molecule has 0 saturated carbocycles. The number of hydrogen-bond donors (Lipinski definition) is 1. The Kier molecular flexibility index (Phi) is 6.97. The predicted octanol–water partition coefficient (Wildman–Crippen LogP) is 5.53. The number of allylic oxidation sites excluding steroid dienone is 1. The number of hydrogen-bond acceptors (Lipinski definition) is 5. The van der Waals surface area contributed by atoms with Crippen LogP contribution in [0.25, 0.3) is 0 Å². The van der Waals surface area contributed by atoms with Crippen LogP contribution in [-0.4, -0.2) is 17.7 Å². The van der Waals surface area contributed by atoms with Crippen LogP contribution in [0.15, 0.2) is 69.3 Å². The molecule has 0 radical (unpaired) electrons. The Balaban J connectivity index is 1.89. The van der Waals surface area contributed by atoms with Crippen LogP contribution in [0.5, 0.6) is 0 Å². The van der Waals surface area contributed by atoms with E-state index in [1.165, 1.54) is 11.1 Å². The molecule has 2 aromatic carbocycles. The third kappa shape index (κ3) is 5.06. The minimum atomic E-state index is -0.391. The summed E-state index contributed by atoms with van der Waals surface area (Å²) in [5.41, 5.74) is 4.77. The molecule has 3 rings (SSSR count). The first-order valence-corrected chi connectivity index (χ1v) is 10.9. The van der Waals surface area contributed by atoms with Crippen molar-refractivity contribution in [3.63, 3.8) is 0 Å². The van der Waals surface area contributed by atoms with E-state index in [1.54, 1.807) is 11.8 Å². The second kappa shape index (κ2) is 9.43. The molecule has 0 spiro atoms. The summed E-state index contributed by atoms with van der Waals surface area (Å²) in [5.74, 6) is 0.477. The largest absolute Gasteiger partial charge is 0.463 e. The van der Waals surface area contributed by atoms with Gasteiger partial charge in [-0.3, -0.25) is 0 Å². The fourth-order valence-electron chi connectivity index (χ4n) is 3.07. The van der Waals surface area contributed by atoms with E-state index in [0.29, 0.717) is 12.2 Å². The van der Waals surface area contributed by atoms with Gasteiger partial charge in [0.1, 0.15) is 6.04 Å².